The Balaban J connectivity index is 1.23. The van der Waals surface area contributed by atoms with Crippen molar-refractivity contribution in [1.82, 2.24) is 4.98 Å². The largest absolute Gasteiger partial charge is 0.377 e. The molecule has 1 N–H and O–H groups in total. The van der Waals surface area contributed by atoms with Gasteiger partial charge in [0.25, 0.3) is 0 Å². The lowest BCUT2D eigenvalue weighted by atomic mass is 9.31. The molecule has 0 spiro atoms. The average molecular weight is 514 g/mol. The molecule has 5 aliphatic carbocycles. The van der Waals surface area contributed by atoms with Crippen LogP contribution >= 0.6 is 0 Å². The first-order chi connectivity index (χ1) is 17.9. The first-order valence-electron chi connectivity index (χ1n) is 16.1. The number of aromatic amines is 1. The van der Waals surface area contributed by atoms with Crippen molar-refractivity contribution < 1.29 is 4.74 Å². The number of hydrogen-bond donors (Lipinski definition) is 1. The summed E-state index contributed by atoms with van der Waals surface area (Å²) in [6, 6.07) is 9.12. The summed E-state index contributed by atoms with van der Waals surface area (Å²) in [5, 5.41) is 1.49. The second-order valence-corrected chi connectivity index (χ2v) is 17.2. The van der Waals surface area contributed by atoms with E-state index < -0.39 is 0 Å². The van der Waals surface area contributed by atoms with Gasteiger partial charge in [-0.25, -0.2) is 0 Å². The molecule has 2 aromatic rings. The minimum atomic E-state index is 0.192. The Hall–Kier alpha value is -1.28. The maximum atomic E-state index is 6.79. The highest BCUT2D eigenvalue weighted by molar-refractivity contribution is 5.85. The summed E-state index contributed by atoms with van der Waals surface area (Å²) < 4.78 is 6.79. The van der Waals surface area contributed by atoms with Crippen molar-refractivity contribution in [3.8, 4) is 0 Å². The van der Waals surface area contributed by atoms with E-state index >= 15 is 0 Å². The summed E-state index contributed by atoms with van der Waals surface area (Å²) in [7, 11) is 0. The number of ether oxygens (including phenoxy) is 1. The fourth-order valence-corrected chi connectivity index (χ4v) is 13.3. The topological polar surface area (TPSA) is 25.0 Å². The van der Waals surface area contributed by atoms with E-state index in [0.29, 0.717) is 33.2 Å². The molecule has 0 amide bonds. The van der Waals surface area contributed by atoms with Gasteiger partial charge in [-0.3, -0.25) is 0 Å². The van der Waals surface area contributed by atoms with Crippen molar-refractivity contribution >= 4 is 10.9 Å². The third-order valence-corrected chi connectivity index (χ3v) is 15.3. The second-order valence-electron chi connectivity index (χ2n) is 17.2. The Bertz CT molecular complexity index is 1320. The van der Waals surface area contributed by atoms with Gasteiger partial charge in [-0.15, -0.1) is 0 Å². The normalized spacial score (nSPS) is 49.9. The quantitative estimate of drug-likeness (QED) is 0.373. The van der Waals surface area contributed by atoms with Gasteiger partial charge in [-0.1, -0.05) is 66.7 Å². The lowest BCUT2D eigenvalue weighted by Gasteiger charge is -2.73. The van der Waals surface area contributed by atoms with Crippen molar-refractivity contribution in [2.75, 3.05) is 6.61 Å². The summed E-state index contributed by atoms with van der Waals surface area (Å²) in [5.74, 6) is 3.18. The molecule has 1 aromatic heterocycles. The van der Waals surface area contributed by atoms with E-state index in [4.69, 9.17) is 4.74 Å². The molecule has 5 fully saturated rings. The lowest BCUT2D eigenvalue weighted by molar-refractivity contribution is -0.232. The van der Waals surface area contributed by atoms with E-state index in [-0.39, 0.29) is 5.41 Å². The van der Waals surface area contributed by atoms with E-state index in [1.807, 2.05) is 0 Å². The number of para-hydroxylation sites is 1. The molecule has 1 aromatic carbocycles. The van der Waals surface area contributed by atoms with Crippen molar-refractivity contribution in [2.45, 2.75) is 118 Å². The summed E-state index contributed by atoms with van der Waals surface area (Å²) in [4.78, 5) is 3.93. The summed E-state index contributed by atoms with van der Waals surface area (Å²) >= 11 is 0. The van der Waals surface area contributed by atoms with Crippen LogP contribution in [0.3, 0.4) is 0 Å². The summed E-state index contributed by atoms with van der Waals surface area (Å²) in [6.45, 7) is 19.5. The lowest BCUT2D eigenvalue weighted by Crippen LogP contribution is -2.67. The molecule has 1 aliphatic heterocycles. The van der Waals surface area contributed by atoms with Crippen LogP contribution in [-0.4, -0.2) is 17.7 Å². The molecule has 4 saturated carbocycles. The first kappa shape index (κ1) is 24.5. The molecule has 0 unspecified atom stereocenters. The van der Waals surface area contributed by atoms with E-state index in [1.54, 1.807) is 11.3 Å². The highest BCUT2D eigenvalue weighted by atomic mass is 16.5. The molecular weight excluding hydrogens is 462 g/mol. The molecule has 2 nitrogen and oxygen atoms in total. The molecule has 2 heterocycles. The third kappa shape index (κ3) is 2.62. The number of hydrogen-bond acceptors (Lipinski definition) is 1. The molecule has 2 heteroatoms. The van der Waals surface area contributed by atoms with Crippen LogP contribution in [0.25, 0.3) is 10.9 Å². The van der Waals surface area contributed by atoms with Gasteiger partial charge in [-0.2, -0.15) is 0 Å². The number of benzene rings is 1. The van der Waals surface area contributed by atoms with Crippen LogP contribution in [0.15, 0.2) is 24.3 Å². The Kier molecular flexibility index (Phi) is 4.60. The fourth-order valence-electron chi connectivity index (χ4n) is 13.3. The van der Waals surface area contributed by atoms with Crippen molar-refractivity contribution in [2.24, 2.45) is 50.7 Å². The molecule has 8 rings (SSSR count). The molecule has 38 heavy (non-hydrogen) atoms. The Morgan fingerprint density at radius 1 is 0.789 bits per heavy atom. The Morgan fingerprint density at radius 3 is 2.37 bits per heavy atom. The SMILES string of the molecule is CC1(C)CC[C@]23CC[C@]4(C)[C@@H](CC[C@@H]5[C@@]6(C)Cc7c([nH]c8ccccc78)C(C)(C)[C@H]6CC[C@]54C)[C@H]2[C@H]1OC3. The van der Waals surface area contributed by atoms with Gasteiger partial charge in [0.05, 0.1) is 12.7 Å². The number of nitrogens with one attached hydrogen (secondary N) is 1. The Morgan fingerprint density at radius 2 is 1.55 bits per heavy atom. The van der Waals surface area contributed by atoms with Crippen molar-refractivity contribution in [3.05, 3.63) is 35.5 Å². The predicted molar refractivity (Wildman–Crippen MR) is 156 cm³/mol. The van der Waals surface area contributed by atoms with Gasteiger partial charge in [-0.05, 0) is 120 Å². The minimum Gasteiger partial charge on any atom is -0.377 e. The van der Waals surface area contributed by atoms with Gasteiger partial charge in [0, 0.05) is 22.0 Å². The van der Waals surface area contributed by atoms with Crippen LogP contribution in [-0.2, 0) is 16.6 Å². The van der Waals surface area contributed by atoms with E-state index in [0.717, 1.165) is 30.3 Å². The smallest absolute Gasteiger partial charge is 0.0663 e. The number of H-pyrrole nitrogens is 1. The molecule has 206 valence electrons. The summed E-state index contributed by atoms with van der Waals surface area (Å²) in [5.41, 5.74) is 6.76. The monoisotopic (exact) mass is 513 g/mol. The van der Waals surface area contributed by atoms with Crippen LogP contribution in [0.4, 0.5) is 0 Å². The zero-order valence-corrected chi connectivity index (χ0v) is 25.2. The number of rotatable bonds is 0. The second kappa shape index (κ2) is 7.13. The van der Waals surface area contributed by atoms with E-state index in [9.17, 15) is 0 Å². The third-order valence-electron chi connectivity index (χ3n) is 15.3. The highest BCUT2D eigenvalue weighted by Crippen LogP contribution is 2.77. The molecule has 2 bridgehead atoms. The zero-order valence-electron chi connectivity index (χ0n) is 25.2. The van der Waals surface area contributed by atoms with Crippen LogP contribution in [0.5, 0.6) is 0 Å². The zero-order chi connectivity index (χ0) is 26.5. The fraction of sp³-hybridized carbons (Fsp3) is 0.778. The maximum absolute atomic E-state index is 6.79. The maximum Gasteiger partial charge on any atom is 0.0663 e. The van der Waals surface area contributed by atoms with Crippen LogP contribution in [0.1, 0.15) is 111 Å². The van der Waals surface area contributed by atoms with Gasteiger partial charge >= 0.3 is 0 Å². The minimum absolute atomic E-state index is 0.192. The van der Waals surface area contributed by atoms with Gasteiger partial charge in [0.15, 0.2) is 0 Å². The van der Waals surface area contributed by atoms with Crippen LogP contribution in [0, 0.1) is 50.7 Å². The first-order valence-corrected chi connectivity index (χ1v) is 16.1. The van der Waals surface area contributed by atoms with Gasteiger partial charge in [0.1, 0.15) is 0 Å². The van der Waals surface area contributed by atoms with Crippen LogP contribution in [0.2, 0.25) is 0 Å². The Labute approximate surface area is 231 Å². The van der Waals surface area contributed by atoms with E-state index in [1.165, 1.54) is 68.7 Å². The summed E-state index contributed by atoms with van der Waals surface area (Å²) in [6.07, 6.45) is 13.0. The average Bonchev–Trinajstić information content (AvgIpc) is 3.40. The molecular formula is C36H51NO. The van der Waals surface area contributed by atoms with Crippen molar-refractivity contribution in [1.29, 1.82) is 0 Å². The van der Waals surface area contributed by atoms with Crippen molar-refractivity contribution in [3.63, 3.8) is 0 Å². The molecule has 9 atom stereocenters. The number of aromatic nitrogens is 1. The number of fused-ring (bicyclic) bond motifs is 8. The van der Waals surface area contributed by atoms with Gasteiger partial charge in [0.2, 0.25) is 0 Å². The van der Waals surface area contributed by atoms with Gasteiger partial charge < -0.3 is 9.72 Å². The molecule has 6 aliphatic rings. The predicted octanol–water partition coefficient (Wildman–Crippen LogP) is 9.07. The van der Waals surface area contributed by atoms with E-state index in [2.05, 4.69) is 77.7 Å². The standard InChI is InChI=1S/C36H51NO/c1-31(2)16-18-36-19-17-34(6)24(28(36)30(31)38-21-36)12-13-27-33(5)20-23-22-10-8-9-11-25(22)37-29(23)32(3,4)26(33)14-15-35(27,34)7/h8-11,24,26-28,30,37H,12-21H2,1-7H3/t24-,26+,27+,28-,30+,33-,34+,35+,36+/m0/s1. The van der Waals surface area contributed by atoms with Crippen LogP contribution < -0.4 is 0 Å². The molecule has 1 saturated heterocycles. The molecule has 0 radical (unpaired) electrons. The highest BCUT2D eigenvalue weighted by Gasteiger charge is 2.72.